The minimum absolute atomic E-state index is 0.127. The van der Waals surface area contributed by atoms with E-state index in [-0.39, 0.29) is 24.4 Å². The Labute approximate surface area is 163 Å². The zero-order chi connectivity index (χ0) is 21.1. The van der Waals surface area contributed by atoms with Crippen LogP contribution in [0.4, 0.5) is 11.4 Å². The number of benzene rings is 1. The Hall–Kier alpha value is -3.42. The predicted octanol–water partition coefficient (Wildman–Crippen LogP) is 1.49. The summed E-state index contributed by atoms with van der Waals surface area (Å²) in [4.78, 5) is 31.9. The van der Waals surface area contributed by atoms with Crippen LogP contribution in [0.2, 0.25) is 0 Å². The molecule has 8 heteroatoms. The topological polar surface area (TPSA) is 123 Å². The van der Waals surface area contributed by atoms with Crippen LogP contribution in [-0.4, -0.2) is 37.6 Å². The summed E-state index contributed by atoms with van der Waals surface area (Å²) in [6.07, 6.45) is 2.21. The number of hydrogen-bond donors (Lipinski definition) is 0. The number of hydrogen-bond acceptors (Lipinski definition) is 8. The normalized spacial score (nSPS) is 13.3. The van der Waals surface area contributed by atoms with Gasteiger partial charge in [-0.15, -0.1) is 11.5 Å². The number of para-hydroxylation sites is 2. The summed E-state index contributed by atoms with van der Waals surface area (Å²) in [6.45, 7) is 5.97. The second-order valence-electron chi connectivity index (χ2n) is 5.39. The van der Waals surface area contributed by atoms with Gasteiger partial charge in [-0.2, -0.15) is 0 Å². The molecule has 0 N–H and O–H groups in total. The number of carbonyl (C=O) groups excluding carboxylic acids is 2. The Kier molecular flexibility index (Phi) is 9.15. The molecule has 0 aliphatic rings. The van der Waals surface area contributed by atoms with Crippen LogP contribution in [0.5, 0.6) is 0 Å². The van der Waals surface area contributed by atoms with E-state index in [1.807, 2.05) is 0 Å². The Morgan fingerprint density at radius 3 is 1.50 bits per heavy atom. The van der Waals surface area contributed by atoms with Gasteiger partial charge in [0.1, 0.15) is 0 Å². The molecular weight excluding hydrogens is 364 g/mol. The van der Waals surface area contributed by atoms with E-state index in [0.717, 1.165) is 12.4 Å². The second kappa shape index (κ2) is 11.3. The number of esters is 2. The quantitative estimate of drug-likeness (QED) is 0.289. The molecule has 1 rings (SSSR count). The molecule has 1 aromatic rings. The maximum Gasteiger partial charge on any atom is 0.338 e. The summed E-state index contributed by atoms with van der Waals surface area (Å²) < 4.78 is 9.66. The monoisotopic (exact) mass is 386 g/mol. The molecule has 0 fully saturated rings. The number of rotatable bonds is 8. The standard InChI is InChI=1S/C20H24N2O6/c1-5-27-19(25)15(13(3)23)11-21-17-9-7-8-10-18(17)22-12-16(14(4)24)20(26)28-6-2/h7-12,23-24H,5-6H2,1-4H3/p-2. The molecule has 0 amide bonds. The molecule has 1 aromatic carbocycles. The van der Waals surface area contributed by atoms with Gasteiger partial charge in [0.15, 0.2) is 0 Å². The van der Waals surface area contributed by atoms with Crippen molar-refractivity contribution in [3.05, 3.63) is 46.9 Å². The van der Waals surface area contributed by atoms with Gasteiger partial charge in [0.2, 0.25) is 0 Å². The first kappa shape index (κ1) is 22.6. The first-order valence-electron chi connectivity index (χ1n) is 8.58. The van der Waals surface area contributed by atoms with E-state index in [4.69, 9.17) is 9.47 Å². The molecule has 0 heterocycles. The van der Waals surface area contributed by atoms with Gasteiger partial charge >= 0.3 is 11.9 Å². The van der Waals surface area contributed by atoms with Crippen molar-refractivity contribution in [2.75, 3.05) is 13.2 Å². The fourth-order valence-corrected chi connectivity index (χ4v) is 1.94. The molecule has 0 aromatic heterocycles. The highest BCUT2D eigenvalue weighted by Gasteiger charge is 2.10. The first-order chi connectivity index (χ1) is 13.3. The van der Waals surface area contributed by atoms with Crippen LogP contribution in [-0.2, 0) is 19.1 Å². The summed E-state index contributed by atoms with van der Waals surface area (Å²) >= 11 is 0. The minimum atomic E-state index is -0.769. The van der Waals surface area contributed by atoms with E-state index >= 15 is 0 Å². The Bertz CT molecular complexity index is 760. The molecular formula is C20H22N2O6-2. The SMILES string of the molecule is CCOC(=O)C(C=Nc1ccccc1N=CC(C(=O)OCC)=C(C)[O-])=C(C)[O-]. The van der Waals surface area contributed by atoms with E-state index in [1.165, 1.54) is 13.8 Å². The van der Waals surface area contributed by atoms with Crippen molar-refractivity contribution in [3.8, 4) is 0 Å². The zero-order valence-electron chi connectivity index (χ0n) is 16.2. The number of ether oxygens (including phenoxy) is 2. The van der Waals surface area contributed by atoms with E-state index in [0.29, 0.717) is 11.4 Å². The molecule has 0 radical (unpaired) electrons. The molecule has 150 valence electrons. The summed E-state index contributed by atoms with van der Waals surface area (Å²) in [5.74, 6) is -2.51. The summed E-state index contributed by atoms with van der Waals surface area (Å²) in [6, 6.07) is 6.57. The molecule has 0 aliphatic carbocycles. The zero-order valence-corrected chi connectivity index (χ0v) is 16.2. The fraction of sp³-hybridized carbons (Fsp3) is 0.300. The van der Waals surface area contributed by atoms with Crippen LogP contribution >= 0.6 is 0 Å². The van der Waals surface area contributed by atoms with Gasteiger partial charge in [-0.1, -0.05) is 26.0 Å². The van der Waals surface area contributed by atoms with Crippen LogP contribution in [0.25, 0.3) is 0 Å². The lowest BCUT2D eigenvalue weighted by Gasteiger charge is -2.11. The van der Waals surface area contributed by atoms with Crippen molar-refractivity contribution in [2.24, 2.45) is 9.98 Å². The van der Waals surface area contributed by atoms with Gasteiger partial charge < -0.3 is 19.7 Å². The van der Waals surface area contributed by atoms with Crippen LogP contribution in [0.1, 0.15) is 27.7 Å². The summed E-state index contributed by atoms with van der Waals surface area (Å²) in [5, 5.41) is 23.3. The molecule has 28 heavy (non-hydrogen) atoms. The van der Waals surface area contributed by atoms with Gasteiger partial charge in [0.05, 0.1) is 35.7 Å². The van der Waals surface area contributed by atoms with Crippen molar-refractivity contribution >= 4 is 35.7 Å². The number of carbonyl (C=O) groups is 2. The highest BCUT2D eigenvalue weighted by atomic mass is 16.5. The van der Waals surface area contributed by atoms with Crippen LogP contribution in [0.3, 0.4) is 0 Å². The third-order valence-electron chi connectivity index (χ3n) is 3.30. The van der Waals surface area contributed by atoms with Crippen molar-refractivity contribution in [1.82, 2.24) is 0 Å². The molecule has 0 spiro atoms. The lowest BCUT2D eigenvalue weighted by molar-refractivity contribution is -0.303. The van der Waals surface area contributed by atoms with E-state index in [9.17, 15) is 19.8 Å². The van der Waals surface area contributed by atoms with Gasteiger partial charge in [-0.25, -0.2) is 9.59 Å². The highest BCUT2D eigenvalue weighted by molar-refractivity contribution is 6.11. The number of allylic oxidation sites excluding steroid dienone is 2. The van der Waals surface area contributed by atoms with Crippen LogP contribution in [0.15, 0.2) is 56.9 Å². The average molecular weight is 386 g/mol. The molecule has 0 bridgehead atoms. The number of aliphatic imine (C=N–C) groups is 2. The van der Waals surface area contributed by atoms with Crippen molar-refractivity contribution in [1.29, 1.82) is 0 Å². The lowest BCUT2D eigenvalue weighted by Crippen LogP contribution is -2.15. The van der Waals surface area contributed by atoms with E-state index in [1.54, 1.807) is 38.1 Å². The van der Waals surface area contributed by atoms with Gasteiger partial charge in [0.25, 0.3) is 0 Å². The van der Waals surface area contributed by atoms with Crippen LogP contribution in [0, 0.1) is 0 Å². The smallest absolute Gasteiger partial charge is 0.338 e. The first-order valence-corrected chi connectivity index (χ1v) is 8.58. The largest absolute Gasteiger partial charge is 0.875 e. The average Bonchev–Trinajstić information content (AvgIpc) is 2.63. The van der Waals surface area contributed by atoms with Crippen LogP contribution < -0.4 is 10.2 Å². The number of nitrogens with zero attached hydrogens (tertiary/aromatic N) is 2. The molecule has 8 nitrogen and oxygen atoms in total. The van der Waals surface area contributed by atoms with Gasteiger partial charge in [0, 0.05) is 12.4 Å². The summed E-state index contributed by atoms with van der Waals surface area (Å²) in [7, 11) is 0. The molecule has 0 aliphatic heterocycles. The van der Waals surface area contributed by atoms with E-state index in [2.05, 4.69) is 9.98 Å². The third kappa shape index (κ3) is 6.71. The lowest BCUT2D eigenvalue weighted by atomic mass is 10.2. The van der Waals surface area contributed by atoms with Gasteiger partial charge in [-0.05, 0) is 26.0 Å². The van der Waals surface area contributed by atoms with Gasteiger partial charge in [-0.3, -0.25) is 9.98 Å². The second-order valence-corrected chi connectivity index (χ2v) is 5.39. The molecule has 0 saturated carbocycles. The molecule has 0 unspecified atom stereocenters. The van der Waals surface area contributed by atoms with Crippen molar-refractivity contribution in [2.45, 2.75) is 27.7 Å². The maximum atomic E-state index is 11.8. The Morgan fingerprint density at radius 2 is 1.21 bits per heavy atom. The Balaban J connectivity index is 3.21. The minimum Gasteiger partial charge on any atom is -0.875 e. The van der Waals surface area contributed by atoms with Crippen molar-refractivity contribution in [3.63, 3.8) is 0 Å². The summed E-state index contributed by atoms with van der Waals surface area (Å²) in [5.41, 5.74) is 0.244. The Morgan fingerprint density at radius 1 is 0.857 bits per heavy atom. The van der Waals surface area contributed by atoms with Crippen molar-refractivity contribution < 1.29 is 29.3 Å². The maximum absolute atomic E-state index is 11.8. The molecule has 0 saturated heterocycles. The van der Waals surface area contributed by atoms with E-state index < -0.39 is 23.5 Å². The molecule has 0 atom stereocenters. The predicted molar refractivity (Wildman–Crippen MR) is 101 cm³/mol. The third-order valence-corrected chi connectivity index (χ3v) is 3.30. The highest BCUT2D eigenvalue weighted by Crippen LogP contribution is 2.27. The fourth-order valence-electron chi connectivity index (χ4n) is 1.94.